The molecule has 2 aromatic carbocycles. The number of hydrogen-bond donors (Lipinski definition) is 6. The SMILES string of the molecule is Nc1cc(-c2cc(N)c(N)cc2S(=O)(=O)O)c(S(=O)(=O)O)cc1N. The van der Waals surface area contributed by atoms with Crippen LogP contribution in [0.25, 0.3) is 11.1 Å². The summed E-state index contributed by atoms with van der Waals surface area (Å²) in [4.78, 5) is -1.41. The van der Waals surface area contributed by atoms with Gasteiger partial charge < -0.3 is 22.9 Å². The molecule has 24 heavy (non-hydrogen) atoms. The minimum absolute atomic E-state index is 0.0749. The van der Waals surface area contributed by atoms with Gasteiger partial charge in [-0.15, -0.1) is 0 Å². The fourth-order valence-corrected chi connectivity index (χ4v) is 3.52. The molecule has 0 bridgehead atoms. The summed E-state index contributed by atoms with van der Waals surface area (Å²) in [6.07, 6.45) is 0. The Balaban J connectivity index is 3.02. The first-order valence-electron chi connectivity index (χ1n) is 6.15. The second kappa shape index (κ2) is 5.52. The fraction of sp³-hybridized carbons (Fsp3) is 0. The topological polar surface area (TPSA) is 213 Å². The second-order valence-electron chi connectivity index (χ2n) is 4.90. The van der Waals surface area contributed by atoms with E-state index in [4.69, 9.17) is 22.9 Å². The van der Waals surface area contributed by atoms with Gasteiger partial charge in [0.15, 0.2) is 0 Å². The molecule has 0 amide bonds. The molecular weight excluding hydrogens is 360 g/mol. The number of hydrogen-bond acceptors (Lipinski definition) is 8. The molecule has 0 radical (unpaired) electrons. The summed E-state index contributed by atoms with van der Waals surface area (Å²) < 4.78 is 65.1. The van der Waals surface area contributed by atoms with E-state index >= 15 is 0 Å². The van der Waals surface area contributed by atoms with E-state index in [1.54, 1.807) is 0 Å². The van der Waals surface area contributed by atoms with Crippen LogP contribution in [0, 0.1) is 0 Å². The predicted molar refractivity (Wildman–Crippen MR) is 89.2 cm³/mol. The highest BCUT2D eigenvalue weighted by molar-refractivity contribution is 7.86. The molecule has 0 spiro atoms. The molecule has 2 rings (SSSR count). The van der Waals surface area contributed by atoms with Crippen LogP contribution >= 0.6 is 0 Å². The highest BCUT2D eigenvalue weighted by atomic mass is 32.2. The van der Waals surface area contributed by atoms with Crippen molar-refractivity contribution < 1.29 is 25.9 Å². The first-order valence-corrected chi connectivity index (χ1v) is 9.03. The molecule has 0 saturated carbocycles. The molecule has 0 aliphatic carbocycles. The van der Waals surface area contributed by atoms with Crippen molar-refractivity contribution in [1.82, 2.24) is 0 Å². The van der Waals surface area contributed by atoms with E-state index in [-0.39, 0.29) is 33.9 Å². The van der Waals surface area contributed by atoms with Gasteiger partial charge in [0.2, 0.25) is 0 Å². The Hall–Kier alpha value is -2.54. The molecule has 0 unspecified atom stereocenters. The summed E-state index contributed by atoms with van der Waals surface area (Å²) in [6, 6.07) is 3.80. The number of nitrogen functional groups attached to an aromatic ring is 4. The monoisotopic (exact) mass is 374 g/mol. The minimum Gasteiger partial charge on any atom is -0.397 e. The molecule has 2 aromatic rings. The van der Waals surface area contributed by atoms with Crippen molar-refractivity contribution >= 4 is 43.0 Å². The van der Waals surface area contributed by atoms with Crippen molar-refractivity contribution in [2.24, 2.45) is 0 Å². The van der Waals surface area contributed by atoms with E-state index in [2.05, 4.69) is 0 Å². The van der Waals surface area contributed by atoms with Crippen molar-refractivity contribution in [3.8, 4) is 11.1 Å². The third-order valence-electron chi connectivity index (χ3n) is 3.22. The number of nitrogens with two attached hydrogens (primary N) is 4. The van der Waals surface area contributed by atoms with Gasteiger partial charge in [-0.25, -0.2) is 0 Å². The summed E-state index contributed by atoms with van der Waals surface area (Å²) in [7, 11) is -9.58. The third-order valence-corrected chi connectivity index (χ3v) is 5.00. The lowest BCUT2D eigenvalue weighted by molar-refractivity contribution is 0.480. The number of rotatable bonds is 3. The van der Waals surface area contributed by atoms with Gasteiger partial charge in [0.25, 0.3) is 20.2 Å². The molecule has 130 valence electrons. The van der Waals surface area contributed by atoms with Crippen LogP contribution < -0.4 is 22.9 Å². The Morgan fingerprint density at radius 3 is 1.08 bits per heavy atom. The summed E-state index contributed by atoms with van der Waals surface area (Å²) in [5, 5.41) is 0. The second-order valence-corrected chi connectivity index (χ2v) is 7.68. The van der Waals surface area contributed by atoms with Crippen molar-refractivity contribution in [2.75, 3.05) is 22.9 Å². The Morgan fingerprint density at radius 2 is 0.833 bits per heavy atom. The van der Waals surface area contributed by atoms with Gasteiger partial charge in [-0.3, -0.25) is 9.11 Å². The minimum atomic E-state index is -4.79. The Bertz CT molecular complexity index is 962. The quantitative estimate of drug-likeness (QED) is 0.316. The van der Waals surface area contributed by atoms with Gasteiger partial charge >= 0.3 is 0 Å². The zero-order valence-electron chi connectivity index (χ0n) is 12.0. The lowest BCUT2D eigenvalue weighted by atomic mass is 10.0. The maximum absolute atomic E-state index is 11.6. The van der Waals surface area contributed by atoms with Crippen molar-refractivity contribution in [3.63, 3.8) is 0 Å². The molecule has 0 fully saturated rings. The van der Waals surface area contributed by atoms with Crippen LogP contribution in [0.3, 0.4) is 0 Å². The van der Waals surface area contributed by atoms with Gasteiger partial charge in [-0.05, 0) is 24.3 Å². The van der Waals surface area contributed by atoms with E-state index in [1.165, 1.54) is 0 Å². The lowest BCUT2D eigenvalue weighted by Crippen LogP contribution is -2.09. The average Bonchev–Trinajstić information content (AvgIpc) is 2.41. The predicted octanol–water partition coefficient (Wildman–Crippen LogP) is 0.176. The molecule has 0 heterocycles. The Kier molecular flexibility index (Phi) is 4.10. The summed E-state index contributed by atoms with van der Waals surface area (Å²) in [6.45, 7) is 0. The maximum atomic E-state index is 11.6. The first-order chi connectivity index (χ1) is 10.8. The smallest absolute Gasteiger partial charge is 0.295 e. The highest BCUT2D eigenvalue weighted by Gasteiger charge is 2.25. The molecule has 0 aliphatic rings. The van der Waals surface area contributed by atoms with Gasteiger partial charge in [0.05, 0.1) is 22.7 Å². The van der Waals surface area contributed by atoms with Gasteiger partial charge in [-0.1, -0.05) is 0 Å². The van der Waals surface area contributed by atoms with E-state index in [9.17, 15) is 25.9 Å². The van der Waals surface area contributed by atoms with Gasteiger partial charge in [0.1, 0.15) is 9.79 Å². The van der Waals surface area contributed by atoms with Crippen LogP contribution in [-0.2, 0) is 20.2 Å². The molecular formula is C12H14N4O6S2. The molecule has 0 saturated heterocycles. The van der Waals surface area contributed by atoms with E-state index in [0.717, 1.165) is 24.3 Å². The fourth-order valence-electron chi connectivity index (χ4n) is 2.07. The van der Waals surface area contributed by atoms with Crippen LogP contribution in [0.4, 0.5) is 22.7 Å². The Morgan fingerprint density at radius 1 is 0.583 bits per heavy atom. The molecule has 0 aromatic heterocycles. The standard InChI is InChI=1S/C12H14N4O6S2/c13-7-1-5(11(3-9(7)15)23(17,18)19)6-2-8(14)10(16)4-12(6)24(20,21)22/h1-4H,13-16H2,(H,17,18,19)(H,20,21,22). The van der Waals surface area contributed by atoms with Crippen molar-refractivity contribution in [1.29, 1.82) is 0 Å². The maximum Gasteiger partial charge on any atom is 0.295 e. The third kappa shape index (κ3) is 3.21. The zero-order chi connectivity index (χ0) is 18.4. The molecule has 12 heteroatoms. The summed E-state index contributed by atoms with van der Waals surface area (Å²) in [5.41, 5.74) is 21.2. The van der Waals surface area contributed by atoms with Gasteiger partial charge in [0, 0.05) is 11.1 Å². The lowest BCUT2D eigenvalue weighted by Gasteiger charge is -2.15. The summed E-state index contributed by atoms with van der Waals surface area (Å²) >= 11 is 0. The molecule has 10 N–H and O–H groups in total. The summed E-state index contributed by atoms with van der Waals surface area (Å²) in [5.74, 6) is 0. The van der Waals surface area contributed by atoms with Crippen LogP contribution in [0.2, 0.25) is 0 Å². The van der Waals surface area contributed by atoms with Crippen LogP contribution in [0.15, 0.2) is 34.1 Å². The van der Waals surface area contributed by atoms with Crippen molar-refractivity contribution in [2.45, 2.75) is 9.79 Å². The highest BCUT2D eigenvalue weighted by Crippen LogP contribution is 2.38. The normalized spacial score (nSPS) is 12.2. The van der Waals surface area contributed by atoms with E-state index in [1.807, 2.05) is 0 Å². The van der Waals surface area contributed by atoms with Gasteiger partial charge in [-0.2, -0.15) is 16.8 Å². The van der Waals surface area contributed by atoms with Crippen LogP contribution in [0.5, 0.6) is 0 Å². The molecule has 10 nitrogen and oxygen atoms in total. The Labute approximate surface area is 137 Å². The van der Waals surface area contributed by atoms with E-state index in [0.29, 0.717) is 0 Å². The van der Waals surface area contributed by atoms with E-state index < -0.39 is 30.0 Å². The average molecular weight is 374 g/mol. The molecule has 0 atom stereocenters. The largest absolute Gasteiger partial charge is 0.397 e. The number of anilines is 4. The van der Waals surface area contributed by atoms with Crippen LogP contribution in [-0.4, -0.2) is 25.9 Å². The van der Waals surface area contributed by atoms with Crippen molar-refractivity contribution in [3.05, 3.63) is 24.3 Å². The first kappa shape index (κ1) is 17.8. The number of benzene rings is 2. The molecule has 0 aliphatic heterocycles. The zero-order valence-corrected chi connectivity index (χ0v) is 13.6. The van der Waals surface area contributed by atoms with Crippen LogP contribution in [0.1, 0.15) is 0 Å².